The predicted octanol–water partition coefficient (Wildman–Crippen LogP) is 3.59. The van der Waals surface area contributed by atoms with Crippen LogP contribution in [-0.2, 0) is 17.8 Å². The van der Waals surface area contributed by atoms with E-state index in [1.165, 1.54) is 4.90 Å². The molecule has 4 heteroatoms. The highest BCUT2D eigenvalue weighted by atomic mass is 16.5. The van der Waals surface area contributed by atoms with Gasteiger partial charge < -0.3 is 14.7 Å². The van der Waals surface area contributed by atoms with E-state index in [-0.39, 0.29) is 6.42 Å². The largest absolute Gasteiger partial charge is 0.488 e. The average Bonchev–Trinajstić information content (AvgIpc) is 2.78. The highest BCUT2D eigenvalue weighted by Gasteiger charge is 2.19. The van der Waals surface area contributed by atoms with Crippen molar-refractivity contribution >= 4 is 11.5 Å². The first-order valence-corrected chi connectivity index (χ1v) is 8.23. The topological polar surface area (TPSA) is 49.8 Å². The summed E-state index contributed by atoms with van der Waals surface area (Å²) in [5.41, 5.74) is 4.52. The van der Waals surface area contributed by atoms with E-state index in [9.17, 15) is 4.79 Å². The highest BCUT2D eigenvalue weighted by Crippen LogP contribution is 2.37. The first-order valence-electron chi connectivity index (χ1n) is 9.73. The molecule has 0 atom stereocenters. The Kier molecular flexibility index (Phi) is 4.12. The number of hydrogen-bond donors (Lipinski definition) is 1. The van der Waals surface area contributed by atoms with Gasteiger partial charge in [0.1, 0.15) is 12.4 Å². The van der Waals surface area contributed by atoms with Gasteiger partial charge in [0.05, 0.1) is 6.42 Å². The molecule has 1 heterocycles. The summed E-state index contributed by atoms with van der Waals surface area (Å²) in [6.07, 6.45) is 2.49. The second-order valence-electron chi connectivity index (χ2n) is 6.17. The monoisotopic (exact) mass is 340 g/mol. The molecular formula is C21H23NO3. The molecule has 0 spiro atoms. The third-order valence-electron chi connectivity index (χ3n) is 4.19. The van der Waals surface area contributed by atoms with Gasteiger partial charge in [-0.3, -0.25) is 4.79 Å². The van der Waals surface area contributed by atoms with Crippen molar-refractivity contribution in [2.24, 2.45) is 0 Å². The van der Waals surface area contributed by atoms with Crippen LogP contribution in [0.3, 0.4) is 0 Å². The summed E-state index contributed by atoms with van der Waals surface area (Å²) in [6, 6.07) is 13.3. The first kappa shape index (κ1) is 13.7. The van der Waals surface area contributed by atoms with E-state index in [1.54, 1.807) is 13.1 Å². The van der Waals surface area contributed by atoms with E-state index in [0.717, 1.165) is 22.3 Å². The number of carbonyl (C=O) groups is 1. The van der Waals surface area contributed by atoms with Gasteiger partial charge in [0.15, 0.2) is 0 Å². The summed E-state index contributed by atoms with van der Waals surface area (Å²) in [6.45, 7) is -1.32. The molecule has 25 heavy (non-hydrogen) atoms. The van der Waals surface area contributed by atoms with E-state index in [1.807, 2.05) is 42.5 Å². The molecule has 1 N–H and O–H groups in total. The SMILES string of the molecule is [2H]C([2H])([2H])N(C)CC/C=C1\c2ccccc2COc2ccc(CC(=O)O)cc21. The zero-order valence-electron chi connectivity index (χ0n) is 17.2. The van der Waals surface area contributed by atoms with E-state index < -0.39 is 12.9 Å². The zero-order chi connectivity index (χ0) is 20.3. The van der Waals surface area contributed by atoms with Gasteiger partial charge in [0.2, 0.25) is 0 Å². The van der Waals surface area contributed by atoms with Crippen molar-refractivity contribution < 1.29 is 18.8 Å². The van der Waals surface area contributed by atoms with E-state index in [4.69, 9.17) is 14.0 Å². The molecule has 1 aliphatic rings. The Bertz CT molecular complexity index is 906. The van der Waals surface area contributed by atoms with Gasteiger partial charge >= 0.3 is 5.97 Å². The molecule has 4 nitrogen and oxygen atoms in total. The van der Waals surface area contributed by atoms with Crippen LogP contribution < -0.4 is 4.74 Å². The van der Waals surface area contributed by atoms with E-state index in [0.29, 0.717) is 30.9 Å². The lowest BCUT2D eigenvalue weighted by Gasteiger charge is -2.13. The molecular weight excluding hydrogens is 314 g/mol. The maximum absolute atomic E-state index is 11.1. The number of aliphatic carboxylic acids is 1. The first-order chi connectivity index (χ1) is 13.3. The Balaban J connectivity index is 2.01. The number of ether oxygens (including phenoxy) is 1. The fraction of sp³-hybridized carbons (Fsp3) is 0.286. The van der Waals surface area contributed by atoms with Gasteiger partial charge in [-0.05, 0) is 54.8 Å². The smallest absolute Gasteiger partial charge is 0.307 e. The minimum atomic E-state index is -2.13. The van der Waals surface area contributed by atoms with Crippen molar-refractivity contribution in [1.82, 2.24) is 4.90 Å². The molecule has 0 fully saturated rings. The molecule has 0 saturated carbocycles. The van der Waals surface area contributed by atoms with E-state index >= 15 is 0 Å². The van der Waals surface area contributed by atoms with Crippen molar-refractivity contribution in [2.45, 2.75) is 19.4 Å². The minimum absolute atomic E-state index is 0.0655. The molecule has 0 saturated heterocycles. The summed E-state index contributed by atoms with van der Waals surface area (Å²) in [5.74, 6) is -0.194. The molecule has 0 radical (unpaired) electrons. The normalized spacial score (nSPS) is 16.9. The van der Waals surface area contributed by atoms with Crippen LogP contribution in [0.1, 0.15) is 32.8 Å². The van der Waals surface area contributed by atoms with Crippen LogP contribution in [0.4, 0.5) is 0 Å². The maximum Gasteiger partial charge on any atom is 0.307 e. The maximum atomic E-state index is 11.1. The molecule has 2 aromatic carbocycles. The molecule has 2 aromatic rings. The lowest BCUT2D eigenvalue weighted by molar-refractivity contribution is -0.136. The van der Waals surface area contributed by atoms with Crippen LogP contribution in [0.15, 0.2) is 48.5 Å². The standard InChI is InChI=1S/C21H23NO3/c1-22(2)11-5-8-18-17-7-4-3-6-16(17)14-25-20-10-9-15(12-19(18)20)13-21(23)24/h3-4,6-10,12H,5,11,13-14H2,1-2H3,(H,23,24)/b18-8+/i1D3. The summed E-state index contributed by atoms with van der Waals surface area (Å²) in [7, 11) is 1.58. The quantitative estimate of drug-likeness (QED) is 0.904. The number of nitrogens with zero attached hydrogens (tertiary/aromatic N) is 1. The fourth-order valence-corrected chi connectivity index (χ4v) is 3.03. The second-order valence-corrected chi connectivity index (χ2v) is 6.17. The lowest BCUT2D eigenvalue weighted by Crippen LogP contribution is -2.12. The molecule has 1 aliphatic heterocycles. The van der Waals surface area contributed by atoms with Gasteiger partial charge in [-0.1, -0.05) is 36.4 Å². The fourth-order valence-electron chi connectivity index (χ4n) is 3.03. The van der Waals surface area contributed by atoms with Crippen molar-refractivity contribution in [3.8, 4) is 5.75 Å². The molecule has 0 bridgehead atoms. The summed E-state index contributed by atoms with van der Waals surface area (Å²) < 4.78 is 28.4. The van der Waals surface area contributed by atoms with Crippen molar-refractivity contribution in [2.75, 3.05) is 20.6 Å². The molecule has 3 rings (SSSR count). The molecule has 0 aromatic heterocycles. The molecule has 0 amide bonds. The summed E-state index contributed by atoms with van der Waals surface area (Å²) >= 11 is 0. The number of carboxylic acids is 1. The van der Waals surface area contributed by atoms with Crippen LogP contribution in [0.5, 0.6) is 5.75 Å². The number of fused-ring (bicyclic) bond motifs is 2. The lowest BCUT2D eigenvalue weighted by atomic mass is 9.92. The van der Waals surface area contributed by atoms with E-state index in [2.05, 4.69) is 0 Å². The third kappa shape index (κ3) is 4.09. The van der Waals surface area contributed by atoms with Crippen molar-refractivity contribution in [1.29, 1.82) is 0 Å². The van der Waals surface area contributed by atoms with Gasteiger partial charge in [-0.2, -0.15) is 0 Å². The van der Waals surface area contributed by atoms with Crippen LogP contribution in [0, 0.1) is 0 Å². The van der Waals surface area contributed by atoms with Gasteiger partial charge in [-0.25, -0.2) is 0 Å². The number of rotatable bonds is 5. The number of carboxylic acid groups (broad SMARTS) is 1. The van der Waals surface area contributed by atoms with Crippen molar-refractivity contribution in [3.63, 3.8) is 0 Å². The van der Waals surface area contributed by atoms with Crippen LogP contribution in [0.25, 0.3) is 5.57 Å². The zero-order valence-corrected chi connectivity index (χ0v) is 14.2. The average molecular weight is 340 g/mol. The Labute approximate surface area is 152 Å². The minimum Gasteiger partial charge on any atom is -0.488 e. The Morgan fingerprint density at radius 1 is 1.32 bits per heavy atom. The Morgan fingerprint density at radius 3 is 2.96 bits per heavy atom. The van der Waals surface area contributed by atoms with Crippen molar-refractivity contribution in [3.05, 3.63) is 70.8 Å². The Morgan fingerprint density at radius 2 is 2.16 bits per heavy atom. The number of benzene rings is 2. The second kappa shape index (κ2) is 7.53. The van der Waals surface area contributed by atoms with Crippen LogP contribution >= 0.6 is 0 Å². The molecule has 130 valence electrons. The van der Waals surface area contributed by atoms with Gasteiger partial charge in [0, 0.05) is 16.2 Å². The predicted molar refractivity (Wildman–Crippen MR) is 98.8 cm³/mol. The summed E-state index contributed by atoms with van der Waals surface area (Å²) in [5, 5.41) is 9.12. The van der Waals surface area contributed by atoms with Gasteiger partial charge in [0.25, 0.3) is 0 Å². The van der Waals surface area contributed by atoms with Crippen LogP contribution in [-0.4, -0.2) is 36.5 Å². The van der Waals surface area contributed by atoms with Crippen LogP contribution in [0.2, 0.25) is 0 Å². The van der Waals surface area contributed by atoms with Gasteiger partial charge in [-0.15, -0.1) is 0 Å². The molecule has 0 unspecified atom stereocenters. The Hall–Kier alpha value is -2.59. The molecule has 0 aliphatic carbocycles. The third-order valence-corrected chi connectivity index (χ3v) is 4.19. The number of hydrogen-bond acceptors (Lipinski definition) is 3. The highest BCUT2D eigenvalue weighted by molar-refractivity contribution is 5.85. The summed E-state index contributed by atoms with van der Waals surface area (Å²) in [4.78, 5) is 12.5.